The number of aliphatic hydroxyl groups is 1. The van der Waals surface area contributed by atoms with Crippen molar-refractivity contribution in [2.45, 2.75) is 51.8 Å². The van der Waals surface area contributed by atoms with Crippen molar-refractivity contribution in [3.8, 4) is 0 Å². The molecule has 1 heterocycles. The summed E-state index contributed by atoms with van der Waals surface area (Å²) in [5.74, 6) is 0.236. The maximum Gasteiger partial charge on any atom is 0.237 e. The van der Waals surface area contributed by atoms with Crippen LogP contribution in [0.4, 0.5) is 0 Å². The van der Waals surface area contributed by atoms with Gasteiger partial charge in [-0.2, -0.15) is 0 Å². The Hall–Kier alpha value is -1.39. The van der Waals surface area contributed by atoms with Crippen molar-refractivity contribution in [1.82, 2.24) is 10.6 Å². The first-order valence-electron chi connectivity index (χ1n) is 7.91. The zero-order valence-corrected chi connectivity index (χ0v) is 12.9. The van der Waals surface area contributed by atoms with E-state index in [9.17, 15) is 9.90 Å². The van der Waals surface area contributed by atoms with E-state index in [0.717, 1.165) is 19.4 Å². The monoisotopic (exact) mass is 290 g/mol. The second kappa shape index (κ2) is 7.57. The molecule has 0 radical (unpaired) electrons. The van der Waals surface area contributed by atoms with Gasteiger partial charge in [0.15, 0.2) is 0 Å². The van der Waals surface area contributed by atoms with Gasteiger partial charge in [-0.25, -0.2) is 0 Å². The third-order valence-electron chi connectivity index (χ3n) is 4.48. The molecule has 2 atom stereocenters. The van der Waals surface area contributed by atoms with Gasteiger partial charge >= 0.3 is 0 Å². The Bertz CT molecular complexity index is 472. The van der Waals surface area contributed by atoms with E-state index in [1.807, 2.05) is 12.1 Å². The molecule has 0 spiro atoms. The summed E-state index contributed by atoms with van der Waals surface area (Å²) in [4.78, 5) is 12.2. The number of aliphatic hydroxyl groups excluding tert-OH is 1. The molecule has 116 valence electrons. The van der Waals surface area contributed by atoms with Gasteiger partial charge in [0.1, 0.15) is 0 Å². The van der Waals surface area contributed by atoms with E-state index < -0.39 is 6.10 Å². The molecule has 1 aliphatic rings. The summed E-state index contributed by atoms with van der Waals surface area (Å²) in [5, 5.41) is 16.2. The third kappa shape index (κ3) is 4.05. The van der Waals surface area contributed by atoms with E-state index in [0.29, 0.717) is 13.0 Å². The first-order chi connectivity index (χ1) is 10.2. The summed E-state index contributed by atoms with van der Waals surface area (Å²) < 4.78 is 0. The van der Waals surface area contributed by atoms with Crippen LogP contribution >= 0.6 is 0 Å². The van der Waals surface area contributed by atoms with Crippen LogP contribution in [0.25, 0.3) is 0 Å². The van der Waals surface area contributed by atoms with Crippen molar-refractivity contribution in [2.75, 3.05) is 6.54 Å². The van der Waals surface area contributed by atoms with Gasteiger partial charge in [0.2, 0.25) is 5.91 Å². The molecule has 1 unspecified atom stereocenters. The molecule has 0 saturated carbocycles. The summed E-state index contributed by atoms with van der Waals surface area (Å²) in [6.45, 7) is 5.20. The van der Waals surface area contributed by atoms with Crippen molar-refractivity contribution in [3.05, 3.63) is 35.4 Å². The number of rotatable bonds is 6. The number of nitrogens with one attached hydrogen (secondary N) is 2. The first kappa shape index (κ1) is 16.0. The van der Waals surface area contributed by atoms with Gasteiger partial charge in [-0.1, -0.05) is 51.0 Å². The Balaban J connectivity index is 1.85. The lowest BCUT2D eigenvalue weighted by Crippen LogP contribution is -2.49. The van der Waals surface area contributed by atoms with Crippen LogP contribution in [-0.4, -0.2) is 29.7 Å². The number of fused-ring (bicyclic) bond motifs is 1. The molecule has 2 rings (SSSR count). The lowest BCUT2D eigenvalue weighted by molar-refractivity contribution is -0.124. The second-order valence-electron chi connectivity index (χ2n) is 5.80. The summed E-state index contributed by atoms with van der Waals surface area (Å²) in [7, 11) is 0. The van der Waals surface area contributed by atoms with Crippen LogP contribution in [0.15, 0.2) is 24.3 Å². The fourth-order valence-electron chi connectivity index (χ4n) is 2.97. The number of carbonyl (C=O) groups is 1. The average molecular weight is 290 g/mol. The van der Waals surface area contributed by atoms with Crippen molar-refractivity contribution in [1.29, 1.82) is 0 Å². The zero-order chi connectivity index (χ0) is 15.2. The van der Waals surface area contributed by atoms with Gasteiger partial charge in [0.05, 0.1) is 12.1 Å². The minimum atomic E-state index is -0.458. The SMILES string of the molecule is CCC(CC)C(O)CNC(=O)[C@H]1Cc2ccccc2CN1. The van der Waals surface area contributed by atoms with Crippen LogP contribution in [-0.2, 0) is 17.8 Å². The van der Waals surface area contributed by atoms with Crippen LogP contribution in [0.1, 0.15) is 37.8 Å². The maximum absolute atomic E-state index is 12.2. The normalized spacial score (nSPS) is 19.1. The topological polar surface area (TPSA) is 61.4 Å². The van der Waals surface area contributed by atoms with E-state index in [2.05, 4.69) is 36.6 Å². The summed E-state index contributed by atoms with van der Waals surface area (Å²) in [6.07, 6.45) is 2.12. The maximum atomic E-state index is 12.2. The Morgan fingerprint density at radius 3 is 2.67 bits per heavy atom. The highest BCUT2D eigenvalue weighted by Gasteiger charge is 2.24. The van der Waals surface area contributed by atoms with E-state index in [4.69, 9.17) is 0 Å². The smallest absolute Gasteiger partial charge is 0.237 e. The Morgan fingerprint density at radius 1 is 1.33 bits per heavy atom. The zero-order valence-electron chi connectivity index (χ0n) is 12.9. The fraction of sp³-hybridized carbons (Fsp3) is 0.588. The Labute approximate surface area is 126 Å². The van der Waals surface area contributed by atoms with Gasteiger partial charge in [-0.15, -0.1) is 0 Å². The molecule has 1 aromatic rings. The molecule has 1 aliphatic heterocycles. The van der Waals surface area contributed by atoms with Gasteiger partial charge in [-0.3, -0.25) is 4.79 Å². The van der Waals surface area contributed by atoms with Crippen LogP contribution in [0.3, 0.4) is 0 Å². The van der Waals surface area contributed by atoms with Crippen molar-refractivity contribution in [3.63, 3.8) is 0 Å². The van der Waals surface area contributed by atoms with Crippen LogP contribution < -0.4 is 10.6 Å². The van der Waals surface area contributed by atoms with Crippen LogP contribution in [0, 0.1) is 5.92 Å². The predicted molar refractivity (Wildman–Crippen MR) is 83.9 cm³/mol. The lowest BCUT2D eigenvalue weighted by Gasteiger charge is -2.26. The molecule has 0 fully saturated rings. The van der Waals surface area contributed by atoms with Gasteiger partial charge in [0.25, 0.3) is 0 Å². The van der Waals surface area contributed by atoms with E-state index in [1.54, 1.807) is 0 Å². The molecular weight excluding hydrogens is 264 g/mol. The van der Waals surface area contributed by atoms with Gasteiger partial charge in [0, 0.05) is 13.1 Å². The second-order valence-corrected chi connectivity index (χ2v) is 5.80. The van der Waals surface area contributed by atoms with Crippen molar-refractivity contribution in [2.24, 2.45) is 5.92 Å². The molecular formula is C17H26N2O2. The van der Waals surface area contributed by atoms with Crippen LogP contribution in [0.5, 0.6) is 0 Å². The molecule has 1 amide bonds. The average Bonchev–Trinajstić information content (AvgIpc) is 2.53. The molecule has 3 N–H and O–H groups in total. The van der Waals surface area contributed by atoms with Gasteiger partial charge in [-0.05, 0) is 23.5 Å². The standard InChI is InChI=1S/C17H26N2O2/c1-3-12(4-2)16(20)11-19-17(21)15-9-13-7-5-6-8-14(13)10-18-15/h5-8,12,15-16,18,20H,3-4,9-11H2,1-2H3,(H,19,21)/t15-,16?/m1/s1. The molecule has 0 bridgehead atoms. The highest BCUT2D eigenvalue weighted by Crippen LogP contribution is 2.16. The molecule has 21 heavy (non-hydrogen) atoms. The molecule has 1 aromatic carbocycles. The third-order valence-corrected chi connectivity index (χ3v) is 4.48. The number of amides is 1. The number of carbonyl (C=O) groups excluding carboxylic acids is 1. The van der Waals surface area contributed by atoms with Crippen molar-refractivity contribution >= 4 is 5.91 Å². The van der Waals surface area contributed by atoms with E-state index in [-0.39, 0.29) is 17.9 Å². The number of hydrogen-bond acceptors (Lipinski definition) is 3. The highest BCUT2D eigenvalue weighted by atomic mass is 16.3. The van der Waals surface area contributed by atoms with E-state index >= 15 is 0 Å². The predicted octanol–water partition coefficient (Wildman–Crippen LogP) is 1.61. The number of hydrogen-bond donors (Lipinski definition) is 3. The summed E-state index contributed by atoms with van der Waals surface area (Å²) in [5.41, 5.74) is 2.50. The minimum absolute atomic E-state index is 0.0190. The van der Waals surface area contributed by atoms with Crippen molar-refractivity contribution < 1.29 is 9.90 Å². The first-order valence-corrected chi connectivity index (χ1v) is 7.91. The molecule has 0 aliphatic carbocycles. The Kier molecular flexibility index (Phi) is 5.76. The molecule has 4 heteroatoms. The quantitative estimate of drug-likeness (QED) is 0.746. The van der Waals surface area contributed by atoms with E-state index in [1.165, 1.54) is 11.1 Å². The fourth-order valence-corrected chi connectivity index (χ4v) is 2.97. The highest BCUT2D eigenvalue weighted by molar-refractivity contribution is 5.82. The van der Waals surface area contributed by atoms with Gasteiger partial charge < -0.3 is 15.7 Å². The molecule has 0 saturated heterocycles. The number of benzene rings is 1. The summed E-state index contributed by atoms with van der Waals surface area (Å²) in [6, 6.07) is 8.00. The minimum Gasteiger partial charge on any atom is -0.391 e. The lowest BCUT2D eigenvalue weighted by atomic mass is 9.94. The van der Waals surface area contributed by atoms with Crippen LogP contribution in [0.2, 0.25) is 0 Å². The molecule has 0 aromatic heterocycles. The summed E-state index contributed by atoms with van der Waals surface area (Å²) >= 11 is 0. The Morgan fingerprint density at radius 2 is 2.00 bits per heavy atom. The largest absolute Gasteiger partial charge is 0.391 e. The molecule has 4 nitrogen and oxygen atoms in total.